The van der Waals surface area contributed by atoms with E-state index in [4.69, 9.17) is 4.74 Å². The number of nitrogens with one attached hydrogen (secondary N) is 1. The Balaban J connectivity index is 2.07. The van der Waals surface area contributed by atoms with Crippen LogP contribution in [0.4, 0.5) is 5.69 Å². The molecule has 0 atom stereocenters. The van der Waals surface area contributed by atoms with E-state index in [1.54, 1.807) is 35.3 Å². The van der Waals surface area contributed by atoms with Crippen LogP contribution in [0.15, 0.2) is 41.8 Å². The second-order valence-corrected chi connectivity index (χ2v) is 7.31. The third kappa shape index (κ3) is 6.69. The van der Waals surface area contributed by atoms with Crippen LogP contribution in [-0.4, -0.2) is 50.5 Å². The second-order valence-electron chi connectivity index (χ2n) is 6.28. The van der Waals surface area contributed by atoms with Crippen LogP contribution in [-0.2, 0) is 16.1 Å². The van der Waals surface area contributed by atoms with E-state index in [1.165, 1.54) is 0 Å². The van der Waals surface area contributed by atoms with Gasteiger partial charge < -0.3 is 15.0 Å². The Hall–Kier alpha value is -2.38. The fourth-order valence-corrected chi connectivity index (χ4v) is 3.27. The lowest BCUT2D eigenvalue weighted by Crippen LogP contribution is -2.42. The molecule has 0 unspecified atom stereocenters. The summed E-state index contributed by atoms with van der Waals surface area (Å²) in [5.74, 6) is 0.618. The molecule has 2 rings (SSSR count). The molecule has 1 heterocycles. The predicted molar refractivity (Wildman–Crippen MR) is 109 cm³/mol. The summed E-state index contributed by atoms with van der Waals surface area (Å²) in [6, 6.07) is 11.4. The number of anilines is 1. The largest absolute Gasteiger partial charge is 0.497 e. The number of hydrogen-bond acceptors (Lipinski definition) is 5. The van der Waals surface area contributed by atoms with Crippen molar-refractivity contribution in [2.75, 3.05) is 38.7 Å². The van der Waals surface area contributed by atoms with Crippen molar-refractivity contribution < 1.29 is 14.3 Å². The van der Waals surface area contributed by atoms with Crippen LogP contribution in [0.1, 0.15) is 18.2 Å². The number of likely N-dealkylation sites (N-methyl/N-ethyl adjacent to an activating group) is 1. The number of carbonyl (C=O) groups is 2. The highest BCUT2D eigenvalue weighted by atomic mass is 32.1. The Morgan fingerprint density at radius 3 is 2.48 bits per heavy atom. The summed E-state index contributed by atoms with van der Waals surface area (Å²) < 4.78 is 5.20. The second kappa shape index (κ2) is 10.7. The normalized spacial score (nSPS) is 10.7. The van der Waals surface area contributed by atoms with E-state index in [1.807, 2.05) is 48.7 Å². The molecule has 146 valence electrons. The Morgan fingerprint density at radius 1 is 1.15 bits per heavy atom. The summed E-state index contributed by atoms with van der Waals surface area (Å²) in [6.45, 7) is 3.51. The smallest absolute Gasteiger partial charge is 0.241 e. The molecule has 1 N–H and O–H groups in total. The highest BCUT2D eigenvalue weighted by molar-refractivity contribution is 7.09. The Bertz CT molecular complexity index is 717. The molecule has 0 saturated heterocycles. The van der Waals surface area contributed by atoms with Gasteiger partial charge in [0.05, 0.1) is 26.7 Å². The molecule has 0 aliphatic carbocycles. The molecule has 0 bridgehead atoms. The van der Waals surface area contributed by atoms with Crippen LogP contribution in [0.3, 0.4) is 0 Å². The molecule has 6 nitrogen and oxygen atoms in total. The van der Waals surface area contributed by atoms with Gasteiger partial charge in [-0.05, 0) is 49.2 Å². The van der Waals surface area contributed by atoms with Crippen molar-refractivity contribution in [1.82, 2.24) is 10.2 Å². The molecule has 0 fully saturated rings. The number of rotatable bonds is 10. The van der Waals surface area contributed by atoms with Crippen molar-refractivity contribution in [2.24, 2.45) is 0 Å². The fourth-order valence-electron chi connectivity index (χ4n) is 2.58. The minimum absolute atomic E-state index is 0.0561. The SMILES string of the molecule is CCCNC(=O)CN(C)CC(=O)N(Cc1cccs1)c1ccc(OC)cc1. The number of hydrogen-bond donors (Lipinski definition) is 1. The van der Waals surface area contributed by atoms with E-state index in [0.717, 1.165) is 22.7 Å². The maximum Gasteiger partial charge on any atom is 0.241 e. The van der Waals surface area contributed by atoms with Crippen LogP contribution < -0.4 is 15.0 Å². The van der Waals surface area contributed by atoms with Crippen LogP contribution in [0.5, 0.6) is 5.75 Å². The van der Waals surface area contributed by atoms with E-state index in [2.05, 4.69) is 5.32 Å². The van der Waals surface area contributed by atoms with Crippen LogP contribution in [0, 0.1) is 0 Å². The molecule has 0 aliphatic heterocycles. The molecule has 0 aliphatic rings. The summed E-state index contributed by atoms with van der Waals surface area (Å²) in [7, 11) is 3.39. The van der Waals surface area contributed by atoms with Gasteiger partial charge in [-0.25, -0.2) is 0 Å². The number of thiophene rings is 1. The third-order valence-electron chi connectivity index (χ3n) is 3.97. The highest BCUT2D eigenvalue weighted by Gasteiger charge is 2.19. The van der Waals surface area contributed by atoms with Crippen molar-refractivity contribution in [2.45, 2.75) is 19.9 Å². The summed E-state index contributed by atoms with van der Waals surface area (Å²) in [5.41, 5.74) is 0.804. The van der Waals surface area contributed by atoms with Crippen LogP contribution >= 0.6 is 11.3 Å². The number of nitrogens with zero attached hydrogens (tertiary/aromatic N) is 2. The zero-order valence-electron chi connectivity index (χ0n) is 16.1. The third-order valence-corrected chi connectivity index (χ3v) is 4.83. The van der Waals surface area contributed by atoms with E-state index in [0.29, 0.717) is 13.1 Å². The number of benzene rings is 1. The molecule has 2 aromatic rings. The maximum absolute atomic E-state index is 13.0. The first kappa shape index (κ1) is 20.9. The first-order chi connectivity index (χ1) is 13.0. The van der Waals surface area contributed by atoms with Gasteiger partial charge in [0.1, 0.15) is 5.75 Å². The van der Waals surface area contributed by atoms with Gasteiger partial charge in [0.2, 0.25) is 11.8 Å². The molecule has 0 radical (unpaired) electrons. The molecule has 27 heavy (non-hydrogen) atoms. The molecular formula is C20H27N3O3S. The van der Waals surface area contributed by atoms with Crippen LogP contribution in [0.2, 0.25) is 0 Å². The van der Waals surface area contributed by atoms with Gasteiger partial charge >= 0.3 is 0 Å². The lowest BCUT2D eigenvalue weighted by molar-refractivity contribution is -0.123. The fraction of sp³-hybridized carbons (Fsp3) is 0.400. The molecule has 0 saturated carbocycles. The van der Waals surface area contributed by atoms with Gasteiger partial charge in [-0.2, -0.15) is 0 Å². The van der Waals surface area contributed by atoms with Crippen molar-refractivity contribution in [1.29, 1.82) is 0 Å². The monoisotopic (exact) mass is 389 g/mol. The van der Waals surface area contributed by atoms with Crippen molar-refractivity contribution in [3.05, 3.63) is 46.7 Å². The van der Waals surface area contributed by atoms with Crippen molar-refractivity contribution >= 4 is 28.8 Å². The number of ether oxygens (including phenoxy) is 1. The summed E-state index contributed by atoms with van der Waals surface area (Å²) in [5, 5.41) is 4.82. The molecule has 0 spiro atoms. The first-order valence-corrected chi connectivity index (χ1v) is 9.83. The number of methoxy groups -OCH3 is 1. The summed E-state index contributed by atoms with van der Waals surface area (Å²) in [6.07, 6.45) is 0.889. The van der Waals surface area contributed by atoms with E-state index in [9.17, 15) is 9.59 Å². The predicted octanol–water partition coefficient (Wildman–Crippen LogP) is 2.75. The Morgan fingerprint density at radius 2 is 1.89 bits per heavy atom. The van der Waals surface area contributed by atoms with Gasteiger partial charge in [-0.1, -0.05) is 13.0 Å². The molecule has 7 heteroatoms. The van der Waals surface area contributed by atoms with Gasteiger partial charge in [0.15, 0.2) is 0 Å². The average Bonchev–Trinajstić information content (AvgIpc) is 3.17. The van der Waals surface area contributed by atoms with Crippen molar-refractivity contribution in [3.8, 4) is 5.75 Å². The van der Waals surface area contributed by atoms with Crippen LogP contribution in [0.25, 0.3) is 0 Å². The number of carbonyl (C=O) groups excluding carboxylic acids is 2. The van der Waals surface area contributed by atoms with Gasteiger partial charge in [0, 0.05) is 17.1 Å². The molecular weight excluding hydrogens is 362 g/mol. The lowest BCUT2D eigenvalue weighted by Gasteiger charge is -2.25. The Labute approximate surface area is 164 Å². The molecule has 1 aromatic carbocycles. The minimum atomic E-state index is -0.0681. The van der Waals surface area contributed by atoms with Crippen molar-refractivity contribution in [3.63, 3.8) is 0 Å². The van der Waals surface area contributed by atoms with Gasteiger partial charge in [-0.15, -0.1) is 11.3 Å². The van der Waals surface area contributed by atoms with E-state index < -0.39 is 0 Å². The highest BCUT2D eigenvalue weighted by Crippen LogP contribution is 2.23. The first-order valence-electron chi connectivity index (χ1n) is 8.95. The summed E-state index contributed by atoms with van der Waals surface area (Å²) in [4.78, 5) is 29.4. The minimum Gasteiger partial charge on any atom is -0.497 e. The van der Waals surface area contributed by atoms with E-state index >= 15 is 0 Å². The summed E-state index contributed by atoms with van der Waals surface area (Å²) >= 11 is 1.61. The zero-order valence-corrected chi connectivity index (χ0v) is 16.9. The Kier molecular flexibility index (Phi) is 8.29. The quantitative estimate of drug-likeness (QED) is 0.679. The zero-order chi connectivity index (χ0) is 19.6. The van der Waals surface area contributed by atoms with Gasteiger partial charge in [-0.3, -0.25) is 14.5 Å². The lowest BCUT2D eigenvalue weighted by atomic mass is 10.2. The standard InChI is InChI=1S/C20H27N3O3S/c1-4-11-21-19(24)14-22(2)15-20(25)23(13-18-6-5-12-27-18)16-7-9-17(26-3)10-8-16/h5-10,12H,4,11,13-15H2,1-3H3,(H,21,24). The number of amides is 2. The van der Waals surface area contributed by atoms with Gasteiger partial charge in [0.25, 0.3) is 0 Å². The average molecular weight is 390 g/mol. The molecule has 1 aromatic heterocycles. The topological polar surface area (TPSA) is 61.9 Å². The molecule has 2 amide bonds. The maximum atomic E-state index is 13.0. The van der Waals surface area contributed by atoms with E-state index in [-0.39, 0.29) is 24.9 Å².